The van der Waals surface area contributed by atoms with Crippen molar-refractivity contribution in [2.24, 2.45) is 0 Å². The predicted molar refractivity (Wildman–Crippen MR) is 80.8 cm³/mol. The Bertz CT molecular complexity index is 369. The first-order valence-corrected chi connectivity index (χ1v) is 7.54. The van der Waals surface area contributed by atoms with Crippen LogP contribution in [0, 0.1) is 0 Å². The summed E-state index contributed by atoms with van der Waals surface area (Å²) >= 11 is 0. The second kappa shape index (κ2) is 7.06. The lowest BCUT2D eigenvalue weighted by molar-refractivity contribution is 0.195. The molecule has 0 saturated heterocycles. The summed E-state index contributed by atoms with van der Waals surface area (Å²) in [7, 11) is 1.74. The number of hydrogen-bond acceptors (Lipinski definition) is 2. The molecule has 2 nitrogen and oxygen atoms in total. The van der Waals surface area contributed by atoms with Crippen molar-refractivity contribution in [3.05, 3.63) is 35.4 Å². The highest BCUT2D eigenvalue weighted by atomic mass is 16.5. The average Bonchev–Trinajstić information content (AvgIpc) is 2.37. The summed E-state index contributed by atoms with van der Waals surface area (Å²) in [6.45, 7) is 6.24. The van der Waals surface area contributed by atoms with Crippen LogP contribution in [0.3, 0.4) is 0 Å². The van der Waals surface area contributed by atoms with Gasteiger partial charge in [-0.25, -0.2) is 0 Å². The molecule has 0 bridgehead atoms. The number of hydrogen-bond donors (Lipinski definition) is 1. The molecule has 2 atom stereocenters. The molecule has 2 rings (SSSR count). The van der Waals surface area contributed by atoms with Crippen LogP contribution in [0.1, 0.15) is 56.1 Å². The van der Waals surface area contributed by atoms with Gasteiger partial charge in [-0.2, -0.15) is 0 Å². The molecule has 1 aliphatic rings. The molecule has 0 aromatic heterocycles. The van der Waals surface area contributed by atoms with Crippen molar-refractivity contribution in [2.45, 2.75) is 51.0 Å². The van der Waals surface area contributed by atoms with E-state index in [1.807, 2.05) is 0 Å². The Kier molecular flexibility index (Phi) is 5.41. The van der Waals surface area contributed by atoms with Gasteiger partial charge >= 0.3 is 0 Å². The van der Waals surface area contributed by atoms with E-state index in [1.54, 1.807) is 7.11 Å². The minimum absolute atomic E-state index is 0.477. The zero-order valence-corrected chi connectivity index (χ0v) is 12.5. The van der Waals surface area contributed by atoms with Gasteiger partial charge in [-0.05, 0) is 42.7 Å². The SMILES string of the molecule is COCCNC(C)C(C)c1ccc(C2CCC2)cc1. The summed E-state index contributed by atoms with van der Waals surface area (Å²) < 4.78 is 5.08. The van der Waals surface area contributed by atoms with Crippen LogP contribution < -0.4 is 5.32 Å². The van der Waals surface area contributed by atoms with E-state index < -0.39 is 0 Å². The number of ether oxygens (including phenoxy) is 1. The van der Waals surface area contributed by atoms with Gasteiger partial charge in [-0.15, -0.1) is 0 Å². The quantitative estimate of drug-likeness (QED) is 0.756. The predicted octanol–water partition coefficient (Wildman–Crippen LogP) is 3.68. The van der Waals surface area contributed by atoms with Crippen LogP contribution in [0.4, 0.5) is 0 Å². The molecule has 1 saturated carbocycles. The van der Waals surface area contributed by atoms with Gasteiger partial charge < -0.3 is 10.1 Å². The van der Waals surface area contributed by atoms with E-state index in [0.29, 0.717) is 12.0 Å². The van der Waals surface area contributed by atoms with E-state index >= 15 is 0 Å². The molecule has 1 N–H and O–H groups in total. The zero-order valence-electron chi connectivity index (χ0n) is 12.5. The lowest BCUT2D eigenvalue weighted by Crippen LogP contribution is -2.33. The van der Waals surface area contributed by atoms with Crippen molar-refractivity contribution in [1.29, 1.82) is 0 Å². The van der Waals surface area contributed by atoms with Gasteiger partial charge in [-0.3, -0.25) is 0 Å². The van der Waals surface area contributed by atoms with Crippen LogP contribution in [0.15, 0.2) is 24.3 Å². The third kappa shape index (κ3) is 3.80. The summed E-state index contributed by atoms with van der Waals surface area (Å²) in [5, 5.41) is 3.52. The largest absolute Gasteiger partial charge is 0.383 e. The molecule has 1 aromatic carbocycles. The molecular formula is C17H27NO. The zero-order chi connectivity index (χ0) is 13.7. The van der Waals surface area contributed by atoms with Crippen molar-refractivity contribution < 1.29 is 4.74 Å². The van der Waals surface area contributed by atoms with Crippen LogP contribution in [-0.2, 0) is 4.74 Å². The lowest BCUT2D eigenvalue weighted by atomic mass is 9.79. The highest BCUT2D eigenvalue weighted by molar-refractivity contribution is 5.29. The molecule has 0 heterocycles. The van der Waals surface area contributed by atoms with E-state index in [1.165, 1.54) is 30.4 Å². The summed E-state index contributed by atoms with van der Waals surface area (Å²) in [5.74, 6) is 1.37. The maximum atomic E-state index is 5.08. The second-order valence-corrected chi connectivity index (χ2v) is 5.82. The van der Waals surface area contributed by atoms with Gasteiger partial charge in [0, 0.05) is 19.7 Å². The van der Waals surface area contributed by atoms with E-state index in [0.717, 1.165) is 19.1 Å². The molecule has 2 unspecified atom stereocenters. The monoisotopic (exact) mass is 261 g/mol. The van der Waals surface area contributed by atoms with Gasteiger partial charge in [0.1, 0.15) is 0 Å². The molecule has 0 aliphatic heterocycles. The van der Waals surface area contributed by atoms with Gasteiger partial charge in [0.05, 0.1) is 6.61 Å². The molecule has 19 heavy (non-hydrogen) atoms. The van der Waals surface area contributed by atoms with Gasteiger partial charge in [0.25, 0.3) is 0 Å². The van der Waals surface area contributed by atoms with Crippen molar-refractivity contribution in [2.75, 3.05) is 20.3 Å². The third-order valence-electron chi connectivity index (χ3n) is 4.56. The van der Waals surface area contributed by atoms with E-state index in [4.69, 9.17) is 4.74 Å². The summed E-state index contributed by atoms with van der Waals surface area (Å²) in [5.41, 5.74) is 2.96. The molecule has 1 aromatic rings. The third-order valence-corrected chi connectivity index (χ3v) is 4.56. The summed E-state index contributed by atoms with van der Waals surface area (Å²) in [4.78, 5) is 0. The first-order valence-electron chi connectivity index (χ1n) is 7.54. The molecule has 0 amide bonds. The normalized spacial score (nSPS) is 18.9. The standard InChI is InChI=1S/C17H27NO/c1-13(14(2)18-11-12-19-3)15-7-9-17(10-8-15)16-5-4-6-16/h7-10,13-14,16,18H,4-6,11-12H2,1-3H3. The molecule has 1 fully saturated rings. The number of methoxy groups -OCH3 is 1. The summed E-state index contributed by atoms with van der Waals surface area (Å²) in [6.07, 6.45) is 4.16. The van der Waals surface area contributed by atoms with Crippen molar-refractivity contribution in [3.63, 3.8) is 0 Å². The molecule has 2 heteroatoms. The Hall–Kier alpha value is -0.860. The Morgan fingerprint density at radius 1 is 1.21 bits per heavy atom. The highest BCUT2D eigenvalue weighted by Gasteiger charge is 2.20. The fraction of sp³-hybridized carbons (Fsp3) is 0.647. The first-order chi connectivity index (χ1) is 9.22. The maximum Gasteiger partial charge on any atom is 0.0587 e. The Balaban J connectivity index is 1.88. The van der Waals surface area contributed by atoms with Gasteiger partial charge in [0.15, 0.2) is 0 Å². The van der Waals surface area contributed by atoms with Crippen LogP contribution in [0.25, 0.3) is 0 Å². The van der Waals surface area contributed by atoms with E-state index in [-0.39, 0.29) is 0 Å². The minimum Gasteiger partial charge on any atom is -0.383 e. The minimum atomic E-state index is 0.477. The number of nitrogens with one attached hydrogen (secondary N) is 1. The Morgan fingerprint density at radius 3 is 2.42 bits per heavy atom. The number of benzene rings is 1. The highest BCUT2D eigenvalue weighted by Crippen LogP contribution is 2.36. The van der Waals surface area contributed by atoms with Crippen LogP contribution in [0.5, 0.6) is 0 Å². The number of rotatable bonds is 7. The lowest BCUT2D eigenvalue weighted by Gasteiger charge is -2.27. The summed E-state index contributed by atoms with van der Waals surface area (Å²) in [6, 6.07) is 9.76. The maximum absolute atomic E-state index is 5.08. The van der Waals surface area contributed by atoms with E-state index in [9.17, 15) is 0 Å². The molecule has 106 valence electrons. The van der Waals surface area contributed by atoms with Crippen molar-refractivity contribution >= 4 is 0 Å². The Labute approximate surface area is 117 Å². The van der Waals surface area contributed by atoms with Gasteiger partial charge in [0.2, 0.25) is 0 Å². The molecule has 1 aliphatic carbocycles. The van der Waals surface area contributed by atoms with E-state index in [2.05, 4.69) is 43.4 Å². The van der Waals surface area contributed by atoms with Crippen molar-refractivity contribution in [1.82, 2.24) is 5.32 Å². The van der Waals surface area contributed by atoms with Crippen LogP contribution in [0.2, 0.25) is 0 Å². The molecular weight excluding hydrogens is 234 g/mol. The topological polar surface area (TPSA) is 21.3 Å². The van der Waals surface area contributed by atoms with Crippen molar-refractivity contribution in [3.8, 4) is 0 Å². The van der Waals surface area contributed by atoms with Crippen LogP contribution >= 0.6 is 0 Å². The Morgan fingerprint density at radius 2 is 1.89 bits per heavy atom. The fourth-order valence-electron chi connectivity index (χ4n) is 2.67. The first kappa shape index (κ1) is 14.5. The molecule has 0 radical (unpaired) electrons. The average molecular weight is 261 g/mol. The smallest absolute Gasteiger partial charge is 0.0587 e. The second-order valence-electron chi connectivity index (χ2n) is 5.82. The fourth-order valence-corrected chi connectivity index (χ4v) is 2.67. The van der Waals surface area contributed by atoms with Gasteiger partial charge in [-0.1, -0.05) is 37.6 Å². The van der Waals surface area contributed by atoms with Crippen LogP contribution in [-0.4, -0.2) is 26.3 Å². The molecule has 0 spiro atoms.